The number of aryl methyl sites for hydroxylation is 2. The van der Waals surface area contributed by atoms with E-state index in [0.29, 0.717) is 5.78 Å². The maximum Gasteiger partial charge on any atom is 0.167 e. The first kappa shape index (κ1) is 16.2. The third kappa shape index (κ3) is 4.16. The number of hydrogen-bond donors (Lipinski definition) is 0. The normalized spacial score (nSPS) is 17.7. The molecule has 2 nitrogen and oxygen atoms in total. The van der Waals surface area contributed by atoms with Crippen LogP contribution < -0.4 is 0 Å². The lowest BCUT2D eigenvalue weighted by Gasteiger charge is -2.28. The van der Waals surface area contributed by atoms with Crippen LogP contribution >= 0.6 is 0 Å². The van der Waals surface area contributed by atoms with Gasteiger partial charge in [-0.3, -0.25) is 4.79 Å². The average Bonchev–Trinajstić information content (AvgIpc) is 2.54. The van der Waals surface area contributed by atoms with E-state index in [1.54, 1.807) is 0 Å². The van der Waals surface area contributed by atoms with Gasteiger partial charge in [-0.2, -0.15) is 0 Å². The Morgan fingerprint density at radius 1 is 1.14 bits per heavy atom. The summed E-state index contributed by atoms with van der Waals surface area (Å²) in [6.07, 6.45) is 5.88. The van der Waals surface area contributed by atoms with Gasteiger partial charge in [0.1, 0.15) is 0 Å². The quantitative estimate of drug-likeness (QED) is 0.734. The van der Waals surface area contributed by atoms with E-state index in [9.17, 15) is 4.79 Å². The number of likely N-dealkylation sites (tertiary alicyclic amines) is 1. The maximum absolute atomic E-state index is 12.8. The number of carbonyl (C=O) groups excluding carboxylic acids is 1. The maximum atomic E-state index is 12.8. The fourth-order valence-corrected chi connectivity index (χ4v) is 3.28. The van der Waals surface area contributed by atoms with Crippen LogP contribution in [-0.4, -0.2) is 30.3 Å². The van der Waals surface area contributed by atoms with Crippen molar-refractivity contribution >= 4 is 5.78 Å². The highest BCUT2D eigenvalue weighted by Crippen LogP contribution is 2.19. The second-order valence-electron chi connectivity index (χ2n) is 6.33. The predicted molar refractivity (Wildman–Crippen MR) is 89.0 cm³/mol. The average molecular weight is 287 g/mol. The van der Waals surface area contributed by atoms with Crippen LogP contribution in [0.3, 0.4) is 0 Å². The molecule has 0 aromatic heterocycles. The van der Waals surface area contributed by atoms with Crippen molar-refractivity contribution in [1.82, 2.24) is 4.90 Å². The lowest BCUT2D eigenvalue weighted by Crippen LogP contribution is -2.36. The highest BCUT2D eigenvalue weighted by Gasteiger charge is 2.21. The molecule has 2 rings (SSSR count). The second-order valence-corrected chi connectivity index (χ2v) is 6.33. The van der Waals surface area contributed by atoms with Gasteiger partial charge in [0.15, 0.2) is 5.78 Å². The van der Waals surface area contributed by atoms with Gasteiger partial charge in [0.25, 0.3) is 0 Å². The molecule has 0 aliphatic carbocycles. The SMILES string of the molecule is CCc1ccc(C(=O)C(C)CN2CCCCC2)c(CC)c1. The summed E-state index contributed by atoms with van der Waals surface area (Å²) in [6.45, 7) is 9.62. The first-order valence-electron chi connectivity index (χ1n) is 8.54. The van der Waals surface area contributed by atoms with Crippen molar-refractivity contribution in [3.63, 3.8) is 0 Å². The van der Waals surface area contributed by atoms with Crippen LogP contribution in [-0.2, 0) is 12.8 Å². The zero-order valence-corrected chi connectivity index (χ0v) is 13.8. The summed E-state index contributed by atoms with van der Waals surface area (Å²) in [5.74, 6) is 0.418. The monoisotopic (exact) mass is 287 g/mol. The molecule has 1 aromatic rings. The standard InChI is InChI=1S/C19H29NO/c1-4-16-9-10-18(17(5-2)13-16)19(21)15(3)14-20-11-7-6-8-12-20/h9-10,13,15H,4-8,11-12,14H2,1-3H3. The van der Waals surface area contributed by atoms with Gasteiger partial charge in [0.2, 0.25) is 0 Å². The van der Waals surface area contributed by atoms with E-state index in [4.69, 9.17) is 0 Å². The lowest BCUT2D eigenvalue weighted by molar-refractivity contribution is 0.0882. The van der Waals surface area contributed by atoms with Crippen LogP contribution in [0.2, 0.25) is 0 Å². The van der Waals surface area contributed by atoms with E-state index in [1.807, 2.05) is 6.07 Å². The van der Waals surface area contributed by atoms with Gasteiger partial charge >= 0.3 is 0 Å². The molecule has 0 spiro atoms. The first-order valence-corrected chi connectivity index (χ1v) is 8.54. The van der Waals surface area contributed by atoms with Crippen molar-refractivity contribution in [3.8, 4) is 0 Å². The zero-order chi connectivity index (χ0) is 15.2. The molecule has 1 saturated heterocycles. The smallest absolute Gasteiger partial charge is 0.167 e. The van der Waals surface area contributed by atoms with Crippen molar-refractivity contribution in [2.75, 3.05) is 19.6 Å². The number of ketones is 1. The number of hydrogen-bond acceptors (Lipinski definition) is 2. The molecule has 0 bridgehead atoms. The van der Waals surface area contributed by atoms with Crippen molar-refractivity contribution in [1.29, 1.82) is 0 Å². The van der Waals surface area contributed by atoms with E-state index < -0.39 is 0 Å². The Morgan fingerprint density at radius 3 is 2.48 bits per heavy atom. The molecule has 1 fully saturated rings. The minimum absolute atomic E-state index is 0.0980. The molecule has 0 amide bonds. The van der Waals surface area contributed by atoms with Gasteiger partial charge < -0.3 is 4.90 Å². The lowest BCUT2D eigenvalue weighted by atomic mass is 9.91. The summed E-state index contributed by atoms with van der Waals surface area (Å²) in [5, 5.41) is 0. The van der Waals surface area contributed by atoms with Gasteiger partial charge in [-0.05, 0) is 49.9 Å². The van der Waals surface area contributed by atoms with Crippen molar-refractivity contribution in [2.24, 2.45) is 5.92 Å². The summed E-state index contributed by atoms with van der Waals surface area (Å²) in [7, 11) is 0. The van der Waals surface area contributed by atoms with Crippen LogP contribution in [0.25, 0.3) is 0 Å². The molecule has 1 aliphatic rings. The van der Waals surface area contributed by atoms with Crippen LogP contribution in [0, 0.1) is 5.92 Å². The summed E-state index contributed by atoms with van der Waals surface area (Å²) < 4.78 is 0. The van der Waals surface area contributed by atoms with E-state index >= 15 is 0 Å². The van der Waals surface area contributed by atoms with E-state index in [2.05, 4.69) is 37.8 Å². The van der Waals surface area contributed by atoms with E-state index in [1.165, 1.54) is 30.4 Å². The zero-order valence-electron chi connectivity index (χ0n) is 13.8. The first-order chi connectivity index (χ1) is 10.2. The van der Waals surface area contributed by atoms with Crippen LogP contribution in [0.4, 0.5) is 0 Å². The number of nitrogens with zero attached hydrogens (tertiary/aromatic N) is 1. The molecule has 0 N–H and O–H groups in total. The highest BCUT2D eigenvalue weighted by molar-refractivity contribution is 5.99. The molecule has 0 saturated carbocycles. The number of Topliss-reactive ketones (excluding diaryl/α,β-unsaturated/α-hetero) is 1. The third-order valence-corrected chi connectivity index (χ3v) is 4.65. The Kier molecular flexibility index (Phi) is 5.98. The van der Waals surface area contributed by atoms with E-state index in [-0.39, 0.29) is 5.92 Å². The van der Waals surface area contributed by atoms with Gasteiger partial charge in [0, 0.05) is 18.0 Å². The fourth-order valence-electron chi connectivity index (χ4n) is 3.28. The number of piperidine rings is 1. The molecule has 21 heavy (non-hydrogen) atoms. The molecule has 2 heteroatoms. The minimum Gasteiger partial charge on any atom is -0.303 e. The molecule has 1 aromatic carbocycles. The summed E-state index contributed by atoms with van der Waals surface area (Å²) >= 11 is 0. The topological polar surface area (TPSA) is 20.3 Å². The van der Waals surface area contributed by atoms with Gasteiger partial charge in [0.05, 0.1) is 0 Å². The minimum atomic E-state index is 0.0980. The van der Waals surface area contributed by atoms with Crippen LogP contribution in [0.1, 0.15) is 61.5 Å². The molecule has 0 radical (unpaired) electrons. The number of carbonyl (C=O) groups is 1. The third-order valence-electron chi connectivity index (χ3n) is 4.65. The molecule has 1 atom stereocenters. The highest BCUT2D eigenvalue weighted by atomic mass is 16.1. The molecule has 1 heterocycles. The molecular weight excluding hydrogens is 258 g/mol. The molecule has 116 valence electrons. The van der Waals surface area contributed by atoms with E-state index in [0.717, 1.165) is 38.0 Å². The number of benzene rings is 1. The van der Waals surface area contributed by atoms with Crippen molar-refractivity contribution in [3.05, 3.63) is 34.9 Å². The second kappa shape index (κ2) is 7.74. The molecule has 1 unspecified atom stereocenters. The fraction of sp³-hybridized carbons (Fsp3) is 0.632. The predicted octanol–water partition coefficient (Wildman–Crippen LogP) is 4.12. The summed E-state index contributed by atoms with van der Waals surface area (Å²) in [4.78, 5) is 15.2. The van der Waals surface area contributed by atoms with Crippen LogP contribution in [0.15, 0.2) is 18.2 Å². The van der Waals surface area contributed by atoms with Crippen molar-refractivity contribution < 1.29 is 4.79 Å². The Morgan fingerprint density at radius 2 is 1.86 bits per heavy atom. The van der Waals surface area contributed by atoms with Gasteiger partial charge in [-0.15, -0.1) is 0 Å². The van der Waals surface area contributed by atoms with Gasteiger partial charge in [-0.25, -0.2) is 0 Å². The largest absolute Gasteiger partial charge is 0.303 e. The van der Waals surface area contributed by atoms with Crippen LogP contribution in [0.5, 0.6) is 0 Å². The summed E-state index contributed by atoms with van der Waals surface area (Å²) in [5.41, 5.74) is 3.48. The Balaban J connectivity index is 2.07. The Labute approximate surface area is 129 Å². The Bertz CT molecular complexity index is 474. The number of rotatable bonds is 6. The molecule has 1 aliphatic heterocycles. The Hall–Kier alpha value is -1.15. The molecular formula is C19H29NO. The van der Waals surface area contributed by atoms with Gasteiger partial charge in [-0.1, -0.05) is 45.4 Å². The summed E-state index contributed by atoms with van der Waals surface area (Å²) in [6, 6.07) is 6.37. The van der Waals surface area contributed by atoms with Crippen molar-refractivity contribution in [2.45, 2.75) is 52.9 Å².